The Bertz CT molecular complexity index is 1030. The van der Waals surface area contributed by atoms with E-state index in [2.05, 4.69) is 5.32 Å². The van der Waals surface area contributed by atoms with Crippen LogP contribution in [0.1, 0.15) is 34.1 Å². The van der Waals surface area contributed by atoms with Crippen LogP contribution in [0.4, 0.5) is 8.78 Å². The SMILES string of the molecule is CCNC(=O)c1c(O)c2c(n(Cc3ccc(F)cc3F)c1=O)CN(C)C(=O)C2. The molecule has 1 aliphatic heterocycles. The topological polar surface area (TPSA) is 91.6 Å². The highest BCUT2D eigenvalue weighted by Crippen LogP contribution is 2.29. The van der Waals surface area contributed by atoms with E-state index in [1.807, 2.05) is 0 Å². The van der Waals surface area contributed by atoms with Gasteiger partial charge in [-0.25, -0.2) is 8.78 Å². The third kappa shape index (κ3) is 3.35. The highest BCUT2D eigenvalue weighted by Gasteiger charge is 2.31. The average Bonchev–Trinajstić information content (AvgIpc) is 2.62. The van der Waals surface area contributed by atoms with Crippen LogP contribution in [0.3, 0.4) is 0 Å². The van der Waals surface area contributed by atoms with Crippen LogP contribution in [0.2, 0.25) is 0 Å². The molecule has 2 heterocycles. The van der Waals surface area contributed by atoms with E-state index in [4.69, 9.17) is 0 Å². The van der Waals surface area contributed by atoms with E-state index in [0.29, 0.717) is 11.8 Å². The molecular formula is C19H19F2N3O4. The zero-order chi connectivity index (χ0) is 20.6. The largest absolute Gasteiger partial charge is 0.507 e. The van der Waals surface area contributed by atoms with Crippen LogP contribution >= 0.6 is 0 Å². The van der Waals surface area contributed by atoms with Crippen molar-refractivity contribution >= 4 is 11.8 Å². The first-order valence-corrected chi connectivity index (χ1v) is 8.68. The van der Waals surface area contributed by atoms with Gasteiger partial charge < -0.3 is 19.9 Å². The molecule has 0 spiro atoms. The van der Waals surface area contributed by atoms with Crippen molar-refractivity contribution in [3.63, 3.8) is 0 Å². The van der Waals surface area contributed by atoms with Crippen LogP contribution in [0, 0.1) is 11.6 Å². The van der Waals surface area contributed by atoms with Crippen molar-refractivity contribution in [3.05, 3.63) is 62.6 Å². The first-order chi connectivity index (χ1) is 13.2. The van der Waals surface area contributed by atoms with Gasteiger partial charge in [-0.1, -0.05) is 6.07 Å². The summed E-state index contributed by atoms with van der Waals surface area (Å²) < 4.78 is 28.5. The van der Waals surface area contributed by atoms with Gasteiger partial charge in [-0.15, -0.1) is 0 Å². The molecule has 0 fully saturated rings. The second kappa shape index (κ2) is 7.41. The number of pyridine rings is 1. The number of halogens is 2. The summed E-state index contributed by atoms with van der Waals surface area (Å²) in [7, 11) is 1.54. The minimum Gasteiger partial charge on any atom is -0.507 e. The molecule has 148 valence electrons. The molecule has 3 rings (SSSR count). The van der Waals surface area contributed by atoms with Crippen LogP contribution in [0.25, 0.3) is 0 Å². The smallest absolute Gasteiger partial charge is 0.267 e. The molecule has 28 heavy (non-hydrogen) atoms. The fourth-order valence-corrected chi connectivity index (χ4v) is 3.22. The molecule has 1 aromatic carbocycles. The van der Waals surface area contributed by atoms with Crippen LogP contribution < -0.4 is 10.9 Å². The second-order valence-corrected chi connectivity index (χ2v) is 6.56. The summed E-state index contributed by atoms with van der Waals surface area (Å²) in [5, 5.41) is 13.0. The summed E-state index contributed by atoms with van der Waals surface area (Å²) in [6.07, 6.45) is -0.198. The molecule has 0 radical (unpaired) electrons. The Morgan fingerprint density at radius 1 is 1.29 bits per heavy atom. The molecule has 2 N–H and O–H groups in total. The van der Waals surface area contributed by atoms with Crippen molar-refractivity contribution in [3.8, 4) is 5.75 Å². The van der Waals surface area contributed by atoms with Gasteiger partial charge >= 0.3 is 0 Å². The third-order valence-electron chi connectivity index (χ3n) is 4.70. The number of aromatic nitrogens is 1. The predicted octanol–water partition coefficient (Wildman–Crippen LogP) is 1.14. The van der Waals surface area contributed by atoms with E-state index < -0.39 is 34.4 Å². The third-order valence-corrected chi connectivity index (χ3v) is 4.70. The summed E-state index contributed by atoms with van der Waals surface area (Å²) in [6, 6.07) is 2.98. The molecular weight excluding hydrogens is 372 g/mol. The Morgan fingerprint density at radius 3 is 2.64 bits per heavy atom. The van der Waals surface area contributed by atoms with Crippen molar-refractivity contribution in [2.45, 2.75) is 26.4 Å². The van der Waals surface area contributed by atoms with Gasteiger partial charge in [-0.2, -0.15) is 0 Å². The van der Waals surface area contributed by atoms with E-state index >= 15 is 0 Å². The van der Waals surface area contributed by atoms with E-state index in [0.717, 1.165) is 10.6 Å². The fraction of sp³-hybridized carbons (Fsp3) is 0.316. The number of hydrogen-bond donors (Lipinski definition) is 2. The Balaban J connectivity index is 2.23. The van der Waals surface area contributed by atoms with Crippen molar-refractivity contribution < 1.29 is 23.5 Å². The highest BCUT2D eigenvalue weighted by atomic mass is 19.1. The number of amides is 2. The van der Waals surface area contributed by atoms with Crippen LogP contribution in [0.15, 0.2) is 23.0 Å². The first-order valence-electron chi connectivity index (χ1n) is 8.68. The number of hydrogen-bond acceptors (Lipinski definition) is 4. The van der Waals surface area contributed by atoms with E-state index in [9.17, 15) is 28.3 Å². The van der Waals surface area contributed by atoms with Gasteiger partial charge in [-0.3, -0.25) is 14.4 Å². The lowest BCUT2D eigenvalue weighted by molar-refractivity contribution is -0.130. The van der Waals surface area contributed by atoms with Gasteiger partial charge in [0, 0.05) is 36.5 Å². The summed E-state index contributed by atoms with van der Waals surface area (Å²) >= 11 is 0. The standard InChI is InChI=1S/C19H19F2N3O4/c1-3-22-18(27)16-17(26)12-7-15(25)23(2)9-14(12)24(19(16)28)8-10-4-5-11(20)6-13(10)21/h4-6,26H,3,7-9H2,1-2H3,(H,22,27). The normalized spacial score (nSPS) is 13.4. The van der Waals surface area contributed by atoms with Gasteiger partial charge in [0.1, 0.15) is 22.9 Å². The molecule has 7 nitrogen and oxygen atoms in total. The number of nitrogens with one attached hydrogen (secondary N) is 1. The number of aromatic hydroxyl groups is 1. The number of rotatable bonds is 4. The Morgan fingerprint density at radius 2 is 2.00 bits per heavy atom. The zero-order valence-electron chi connectivity index (χ0n) is 15.4. The quantitative estimate of drug-likeness (QED) is 0.818. The predicted molar refractivity (Wildman–Crippen MR) is 96.0 cm³/mol. The van der Waals surface area contributed by atoms with Gasteiger partial charge in [0.05, 0.1) is 19.5 Å². The molecule has 2 amide bonds. The molecule has 9 heteroatoms. The Hall–Kier alpha value is -3.23. The van der Waals surface area contributed by atoms with Gasteiger partial charge in [0.2, 0.25) is 5.91 Å². The summed E-state index contributed by atoms with van der Waals surface area (Å²) in [4.78, 5) is 38.8. The Kier molecular flexibility index (Phi) is 5.17. The molecule has 0 atom stereocenters. The molecule has 1 aliphatic rings. The minimum absolute atomic E-state index is 0.00938. The highest BCUT2D eigenvalue weighted by molar-refractivity contribution is 5.97. The van der Waals surface area contributed by atoms with Crippen LogP contribution in [-0.2, 0) is 24.3 Å². The monoisotopic (exact) mass is 391 g/mol. The lowest BCUT2D eigenvalue weighted by Crippen LogP contribution is -2.41. The summed E-state index contributed by atoms with van der Waals surface area (Å²) in [5.41, 5.74) is -0.806. The number of fused-ring (bicyclic) bond motifs is 1. The minimum atomic E-state index is -0.839. The lowest BCUT2D eigenvalue weighted by atomic mass is 9.99. The number of likely N-dealkylation sites (N-methyl/N-ethyl adjacent to an activating group) is 1. The average molecular weight is 391 g/mol. The van der Waals surface area contributed by atoms with E-state index in [-0.39, 0.29) is 43.1 Å². The number of benzene rings is 1. The second-order valence-electron chi connectivity index (χ2n) is 6.56. The van der Waals surface area contributed by atoms with Crippen molar-refractivity contribution in [1.82, 2.24) is 14.8 Å². The van der Waals surface area contributed by atoms with E-state index in [1.165, 1.54) is 18.0 Å². The molecule has 0 saturated heterocycles. The molecule has 0 unspecified atom stereocenters. The van der Waals surface area contributed by atoms with Gasteiger partial charge in [0.15, 0.2) is 0 Å². The molecule has 0 bridgehead atoms. The molecule has 2 aromatic rings. The molecule has 0 saturated carbocycles. The zero-order valence-corrected chi connectivity index (χ0v) is 15.4. The number of carbonyl (C=O) groups excluding carboxylic acids is 2. The number of nitrogens with zero attached hydrogens (tertiary/aromatic N) is 2. The van der Waals surface area contributed by atoms with E-state index in [1.54, 1.807) is 6.92 Å². The van der Waals surface area contributed by atoms with Gasteiger partial charge in [0.25, 0.3) is 11.5 Å². The maximum Gasteiger partial charge on any atom is 0.267 e. The summed E-state index contributed by atoms with van der Waals surface area (Å²) in [6.45, 7) is 1.61. The van der Waals surface area contributed by atoms with Crippen molar-refractivity contribution in [2.24, 2.45) is 0 Å². The molecule has 0 aliphatic carbocycles. The summed E-state index contributed by atoms with van der Waals surface area (Å²) in [5.74, 6) is -3.21. The van der Waals surface area contributed by atoms with Gasteiger partial charge in [-0.05, 0) is 13.0 Å². The Labute approximate surface area is 159 Å². The van der Waals surface area contributed by atoms with Crippen molar-refractivity contribution in [2.75, 3.05) is 13.6 Å². The van der Waals surface area contributed by atoms with Crippen LogP contribution in [0.5, 0.6) is 5.75 Å². The van der Waals surface area contributed by atoms with Crippen LogP contribution in [-0.4, -0.2) is 40.0 Å². The van der Waals surface area contributed by atoms with Crippen molar-refractivity contribution in [1.29, 1.82) is 0 Å². The first kappa shape index (κ1) is 19.5. The maximum atomic E-state index is 14.1. The lowest BCUT2D eigenvalue weighted by Gasteiger charge is -2.29. The fourth-order valence-electron chi connectivity index (χ4n) is 3.22. The maximum absolute atomic E-state index is 14.1. The number of carbonyl (C=O) groups is 2. The molecule has 1 aromatic heterocycles.